The molecule has 26 heavy (non-hydrogen) atoms. The van der Waals surface area contributed by atoms with E-state index in [0.29, 0.717) is 34.0 Å². The topological polar surface area (TPSA) is 80.4 Å². The minimum atomic E-state index is 0.0554. The van der Waals surface area contributed by atoms with E-state index in [1.165, 1.54) is 7.11 Å². The molecule has 0 aliphatic heterocycles. The highest BCUT2D eigenvalue weighted by atomic mass is 79.9. The van der Waals surface area contributed by atoms with Crippen molar-refractivity contribution >= 4 is 28.1 Å². The maximum Gasteiger partial charge on any atom is 0.174 e. The van der Waals surface area contributed by atoms with Gasteiger partial charge in [-0.1, -0.05) is 18.2 Å². The number of hydrogen-bond donors (Lipinski definition) is 2. The molecular formula is C19H18BrN3O3. The Kier molecular flexibility index (Phi) is 5.27. The van der Waals surface area contributed by atoms with Gasteiger partial charge in [-0.2, -0.15) is 5.10 Å². The number of methoxy groups -OCH3 is 1. The van der Waals surface area contributed by atoms with E-state index < -0.39 is 0 Å². The molecule has 0 amide bonds. The van der Waals surface area contributed by atoms with E-state index in [1.54, 1.807) is 41.1 Å². The molecular weight excluding hydrogens is 398 g/mol. The Morgan fingerprint density at radius 2 is 1.96 bits per heavy atom. The molecule has 0 bridgehead atoms. The molecule has 0 fully saturated rings. The number of rotatable bonds is 5. The molecule has 2 aromatic carbocycles. The Labute approximate surface area is 159 Å². The molecule has 0 atom stereocenters. The van der Waals surface area contributed by atoms with Gasteiger partial charge in [0.1, 0.15) is 5.75 Å². The van der Waals surface area contributed by atoms with Crippen molar-refractivity contribution < 1.29 is 14.9 Å². The lowest BCUT2D eigenvalue weighted by Crippen LogP contribution is -1.99. The third-order valence-electron chi connectivity index (χ3n) is 3.83. The number of benzene rings is 2. The molecule has 1 heterocycles. The Morgan fingerprint density at radius 3 is 2.65 bits per heavy atom. The molecule has 0 spiro atoms. The van der Waals surface area contributed by atoms with Gasteiger partial charge in [-0.05, 0) is 58.8 Å². The van der Waals surface area contributed by atoms with E-state index in [0.717, 1.165) is 5.56 Å². The van der Waals surface area contributed by atoms with Gasteiger partial charge in [0.25, 0.3) is 0 Å². The number of nitrogens with zero attached hydrogens (tertiary/aromatic N) is 3. The third-order valence-corrected chi connectivity index (χ3v) is 4.43. The second-order valence-electron chi connectivity index (χ2n) is 5.51. The second-order valence-corrected chi connectivity index (χ2v) is 6.37. The number of para-hydroxylation sites is 1. The van der Waals surface area contributed by atoms with E-state index in [-0.39, 0.29) is 11.5 Å². The molecule has 1 aromatic heterocycles. The fourth-order valence-corrected chi connectivity index (χ4v) is 2.99. The van der Waals surface area contributed by atoms with Gasteiger partial charge in [0.05, 0.1) is 17.1 Å². The van der Waals surface area contributed by atoms with Gasteiger partial charge < -0.3 is 14.9 Å². The summed E-state index contributed by atoms with van der Waals surface area (Å²) >= 11 is 3.30. The van der Waals surface area contributed by atoms with Crippen LogP contribution in [-0.2, 0) is 6.54 Å². The summed E-state index contributed by atoms with van der Waals surface area (Å²) in [7, 11) is 1.50. The van der Waals surface area contributed by atoms with Crippen LogP contribution in [0.3, 0.4) is 0 Å². The highest BCUT2D eigenvalue weighted by Crippen LogP contribution is 2.35. The van der Waals surface area contributed by atoms with E-state index in [4.69, 9.17) is 4.74 Å². The maximum absolute atomic E-state index is 10.1. The number of phenolic OH excluding ortho intramolecular Hbond substituents is 2. The molecule has 0 unspecified atom stereocenters. The second kappa shape index (κ2) is 7.61. The first kappa shape index (κ1) is 18.0. The zero-order valence-corrected chi connectivity index (χ0v) is 15.9. The summed E-state index contributed by atoms with van der Waals surface area (Å²) in [6.45, 7) is 2.59. The minimum absolute atomic E-state index is 0.0554. The predicted molar refractivity (Wildman–Crippen MR) is 104 cm³/mol. The van der Waals surface area contributed by atoms with Crippen LogP contribution in [0.25, 0.3) is 23.5 Å². The molecule has 0 aliphatic carbocycles. The van der Waals surface area contributed by atoms with Gasteiger partial charge in [-0.3, -0.25) is 0 Å². The van der Waals surface area contributed by atoms with Crippen LogP contribution < -0.4 is 4.74 Å². The van der Waals surface area contributed by atoms with Gasteiger partial charge in [-0.15, -0.1) is 0 Å². The summed E-state index contributed by atoms with van der Waals surface area (Å²) in [4.78, 5) is 4.52. The number of aromatic hydroxyl groups is 2. The monoisotopic (exact) mass is 415 g/mol. The van der Waals surface area contributed by atoms with Crippen molar-refractivity contribution in [3.8, 4) is 28.6 Å². The third kappa shape index (κ3) is 3.57. The Morgan fingerprint density at radius 1 is 1.19 bits per heavy atom. The van der Waals surface area contributed by atoms with Crippen molar-refractivity contribution in [3.63, 3.8) is 0 Å². The van der Waals surface area contributed by atoms with Crippen molar-refractivity contribution in [3.05, 3.63) is 52.3 Å². The zero-order chi connectivity index (χ0) is 18.7. The van der Waals surface area contributed by atoms with Gasteiger partial charge in [0.15, 0.2) is 23.1 Å². The molecule has 6 nitrogen and oxygen atoms in total. The first-order valence-corrected chi connectivity index (χ1v) is 8.80. The molecule has 134 valence electrons. The van der Waals surface area contributed by atoms with E-state index in [1.807, 2.05) is 19.1 Å². The Bertz CT molecular complexity index is 967. The van der Waals surface area contributed by atoms with Crippen molar-refractivity contribution in [1.29, 1.82) is 0 Å². The van der Waals surface area contributed by atoms with E-state index >= 15 is 0 Å². The Balaban J connectivity index is 1.95. The summed E-state index contributed by atoms with van der Waals surface area (Å²) in [6.07, 6.45) is 3.60. The average Bonchev–Trinajstić information content (AvgIpc) is 3.06. The first-order valence-electron chi connectivity index (χ1n) is 8.01. The summed E-state index contributed by atoms with van der Waals surface area (Å²) in [6, 6.07) is 10.5. The predicted octanol–water partition coefficient (Wildman–Crippen LogP) is 4.32. The maximum atomic E-state index is 10.1. The zero-order valence-electron chi connectivity index (χ0n) is 14.3. The van der Waals surface area contributed by atoms with Crippen LogP contribution in [-0.4, -0.2) is 32.1 Å². The van der Waals surface area contributed by atoms with Crippen LogP contribution in [0.4, 0.5) is 0 Å². The number of ether oxygens (including phenoxy) is 1. The van der Waals surface area contributed by atoms with Crippen molar-refractivity contribution in [2.24, 2.45) is 0 Å². The van der Waals surface area contributed by atoms with Crippen LogP contribution >= 0.6 is 15.9 Å². The lowest BCUT2D eigenvalue weighted by atomic mass is 10.2. The fraction of sp³-hybridized carbons (Fsp3) is 0.158. The van der Waals surface area contributed by atoms with Gasteiger partial charge in [-0.25, -0.2) is 9.67 Å². The van der Waals surface area contributed by atoms with Crippen LogP contribution in [0.15, 0.2) is 40.9 Å². The molecule has 0 aliphatic rings. The van der Waals surface area contributed by atoms with Crippen LogP contribution in [0.2, 0.25) is 0 Å². The van der Waals surface area contributed by atoms with Crippen LogP contribution in [0, 0.1) is 0 Å². The van der Waals surface area contributed by atoms with Gasteiger partial charge in [0.2, 0.25) is 0 Å². The first-order chi connectivity index (χ1) is 12.5. The minimum Gasteiger partial charge on any atom is -0.507 e. The van der Waals surface area contributed by atoms with Gasteiger partial charge >= 0.3 is 0 Å². The number of aromatic nitrogens is 3. The largest absolute Gasteiger partial charge is 0.507 e. The molecule has 0 radical (unpaired) electrons. The van der Waals surface area contributed by atoms with Gasteiger partial charge in [0, 0.05) is 6.54 Å². The molecule has 3 aromatic rings. The normalized spacial score (nSPS) is 11.2. The quantitative estimate of drug-likeness (QED) is 0.648. The summed E-state index contributed by atoms with van der Waals surface area (Å²) in [5.74, 6) is 1.72. The summed E-state index contributed by atoms with van der Waals surface area (Å²) in [5.41, 5.74) is 1.46. The van der Waals surface area contributed by atoms with Crippen LogP contribution in [0.5, 0.6) is 17.2 Å². The molecule has 2 N–H and O–H groups in total. The Hall–Kier alpha value is -2.80. The number of hydrogen-bond acceptors (Lipinski definition) is 5. The fourth-order valence-electron chi connectivity index (χ4n) is 2.53. The lowest BCUT2D eigenvalue weighted by Gasteiger charge is -2.06. The SMILES string of the molecule is CCn1nc(/C=C/c2cc(Br)c(O)c(OC)c2)nc1-c1ccccc1O. The van der Waals surface area contributed by atoms with Crippen molar-refractivity contribution in [2.45, 2.75) is 13.5 Å². The van der Waals surface area contributed by atoms with Crippen LogP contribution in [0.1, 0.15) is 18.3 Å². The molecule has 0 saturated heterocycles. The highest BCUT2D eigenvalue weighted by molar-refractivity contribution is 9.10. The van der Waals surface area contributed by atoms with Crippen molar-refractivity contribution in [1.82, 2.24) is 14.8 Å². The number of phenols is 2. The number of halogens is 1. The smallest absolute Gasteiger partial charge is 0.174 e. The molecule has 0 saturated carbocycles. The number of aryl methyl sites for hydroxylation is 1. The van der Waals surface area contributed by atoms with Crippen molar-refractivity contribution in [2.75, 3.05) is 7.11 Å². The lowest BCUT2D eigenvalue weighted by molar-refractivity contribution is 0.372. The molecule has 3 rings (SSSR count). The molecule has 7 heteroatoms. The van der Waals surface area contributed by atoms with E-state index in [9.17, 15) is 10.2 Å². The summed E-state index contributed by atoms with van der Waals surface area (Å²) < 4.78 is 7.43. The van der Waals surface area contributed by atoms with E-state index in [2.05, 4.69) is 26.0 Å². The standard InChI is InChI=1S/C19H18BrN3O3/c1-3-23-19(13-6-4-5-7-15(13)24)21-17(22-23)9-8-12-10-14(20)18(25)16(11-12)26-2/h4-11,24-25H,3H2,1-2H3/b9-8+. The highest BCUT2D eigenvalue weighted by Gasteiger charge is 2.13. The average molecular weight is 416 g/mol. The summed E-state index contributed by atoms with van der Waals surface area (Å²) in [5, 5.41) is 24.4.